The number of amides is 1. The summed E-state index contributed by atoms with van der Waals surface area (Å²) in [7, 11) is 1.61. The van der Waals surface area contributed by atoms with Crippen molar-refractivity contribution in [1.29, 1.82) is 0 Å². The molecule has 0 aliphatic rings. The van der Waals surface area contributed by atoms with E-state index in [9.17, 15) is 18.7 Å². The van der Waals surface area contributed by atoms with E-state index in [1.54, 1.807) is 7.05 Å². The van der Waals surface area contributed by atoms with Crippen molar-refractivity contribution < 1.29 is 18.7 Å². The van der Waals surface area contributed by atoms with Gasteiger partial charge in [-0.25, -0.2) is 8.78 Å². The first-order valence-corrected chi connectivity index (χ1v) is 7.37. The number of nitrogens with zero attached hydrogens (tertiary/aromatic N) is 2. The lowest BCUT2D eigenvalue weighted by Crippen LogP contribution is -2.27. The first-order valence-electron chi connectivity index (χ1n) is 7.37. The molecule has 1 amide bonds. The van der Waals surface area contributed by atoms with E-state index in [1.807, 2.05) is 6.92 Å². The number of rotatable bonds is 6. The van der Waals surface area contributed by atoms with Gasteiger partial charge in [0.15, 0.2) is 0 Å². The largest absolute Gasteiger partial charge is 0.393 e. The van der Waals surface area contributed by atoms with Crippen LogP contribution in [0.4, 0.5) is 8.78 Å². The molecule has 0 spiro atoms. The monoisotopic (exact) mass is 323 g/mol. The minimum atomic E-state index is -0.779. The lowest BCUT2D eigenvalue weighted by atomic mass is 10.1. The fourth-order valence-electron chi connectivity index (χ4n) is 2.19. The number of nitrogens with one attached hydrogen (secondary N) is 1. The zero-order chi connectivity index (χ0) is 17.0. The van der Waals surface area contributed by atoms with Crippen LogP contribution in [0.15, 0.2) is 24.4 Å². The summed E-state index contributed by atoms with van der Waals surface area (Å²) in [5, 5.41) is 16.3. The second-order valence-electron chi connectivity index (χ2n) is 5.30. The Kier molecular flexibility index (Phi) is 5.44. The van der Waals surface area contributed by atoms with Gasteiger partial charge in [0.25, 0.3) is 5.91 Å². The lowest BCUT2D eigenvalue weighted by Gasteiger charge is -2.09. The van der Waals surface area contributed by atoms with Gasteiger partial charge in [-0.15, -0.1) is 0 Å². The van der Waals surface area contributed by atoms with Crippen LogP contribution in [0, 0.1) is 11.6 Å². The van der Waals surface area contributed by atoms with E-state index in [2.05, 4.69) is 10.4 Å². The number of hydrogen-bond acceptors (Lipinski definition) is 3. The minimum Gasteiger partial charge on any atom is -0.393 e. The average Bonchev–Trinajstić information content (AvgIpc) is 2.88. The van der Waals surface area contributed by atoms with Crippen LogP contribution in [0.5, 0.6) is 0 Å². The van der Waals surface area contributed by atoms with Crippen molar-refractivity contribution in [2.75, 3.05) is 6.54 Å². The molecule has 0 aliphatic heterocycles. The van der Waals surface area contributed by atoms with Crippen molar-refractivity contribution >= 4 is 5.91 Å². The predicted octanol–water partition coefficient (Wildman–Crippen LogP) is 2.26. The summed E-state index contributed by atoms with van der Waals surface area (Å²) in [6.45, 7) is 2.15. The van der Waals surface area contributed by atoms with Crippen LogP contribution in [0.1, 0.15) is 30.1 Å². The number of aromatic nitrogens is 2. The van der Waals surface area contributed by atoms with Crippen LogP contribution in [0.3, 0.4) is 0 Å². The van der Waals surface area contributed by atoms with Crippen LogP contribution in [0.25, 0.3) is 11.3 Å². The Morgan fingerprint density at radius 1 is 1.43 bits per heavy atom. The van der Waals surface area contributed by atoms with Crippen molar-refractivity contribution in [3.63, 3.8) is 0 Å². The Bertz CT molecular complexity index is 701. The summed E-state index contributed by atoms with van der Waals surface area (Å²) in [6.07, 6.45) is 2.04. The third kappa shape index (κ3) is 4.13. The summed E-state index contributed by atoms with van der Waals surface area (Å²) in [4.78, 5) is 12.3. The molecule has 0 saturated heterocycles. The summed E-state index contributed by atoms with van der Waals surface area (Å²) in [6, 6.07) is 3.13. The van der Waals surface area contributed by atoms with Crippen LogP contribution in [-0.4, -0.2) is 33.4 Å². The summed E-state index contributed by atoms with van der Waals surface area (Å²) >= 11 is 0. The highest BCUT2D eigenvalue weighted by Gasteiger charge is 2.20. The molecular weight excluding hydrogens is 304 g/mol. The second kappa shape index (κ2) is 7.32. The molecule has 0 aliphatic carbocycles. The minimum absolute atomic E-state index is 0.0609. The normalized spacial score (nSPS) is 12.2. The summed E-state index contributed by atoms with van der Waals surface area (Å²) in [5.74, 6) is -1.89. The third-order valence-corrected chi connectivity index (χ3v) is 3.49. The van der Waals surface area contributed by atoms with Gasteiger partial charge in [-0.05, 0) is 25.0 Å². The molecule has 1 aromatic heterocycles. The van der Waals surface area contributed by atoms with E-state index in [-0.39, 0.29) is 16.8 Å². The molecule has 1 aromatic carbocycles. The van der Waals surface area contributed by atoms with Crippen LogP contribution in [0.2, 0.25) is 0 Å². The van der Waals surface area contributed by atoms with Crippen molar-refractivity contribution in [3.05, 3.63) is 41.6 Å². The Balaban J connectivity index is 2.21. The van der Waals surface area contributed by atoms with Gasteiger partial charge >= 0.3 is 0 Å². The Hall–Kier alpha value is -2.28. The SMILES string of the molecule is CCC(O)CCNC(=O)c1cn(C)nc1-c1ccc(F)cc1F. The predicted molar refractivity (Wildman–Crippen MR) is 81.8 cm³/mol. The van der Waals surface area contributed by atoms with E-state index in [4.69, 9.17) is 0 Å². The van der Waals surface area contributed by atoms with Gasteiger partial charge < -0.3 is 10.4 Å². The first kappa shape index (κ1) is 17.1. The number of aryl methyl sites for hydroxylation is 1. The maximum absolute atomic E-state index is 13.9. The number of carbonyl (C=O) groups is 1. The van der Waals surface area contributed by atoms with Crippen LogP contribution in [-0.2, 0) is 7.05 Å². The van der Waals surface area contributed by atoms with Gasteiger partial charge in [-0.1, -0.05) is 6.92 Å². The molecule has 0 radical (unpaired) electrons. The molecule has 1 heterocycles. The van der Waals surface area contributed by atoms with Crippen molar-refractivity contribution in [2.45, 2.75) is 25.9 Å². The van der Waals surface area contributed by atoms with E-state index >= 15 is 0 Å². The number of benzene rings is 1. The van der Waals surface area contributed by atoms with E-state index in [1.165, 1.54) is 16.9 Å². The maximum atomic E-state index is 13.9. The summed E-state index contributed by atoms with van der Waals surface area (Å²) in [5.41, 5.74) is 0.410. The molecule has 0 fully saturated rings. The highest BCUT2D eigenvalue weighted by molar-refractivity contribution is 5.99. The van der Waals surface area contributed by atoms with Gasteiger partial charge in [-0.2, -0.15) is 5.10 Å². The number of halogens is 2. The lowest BCUT2D eigenvalue weighted by molar-refractivity contribution is 0.0942. The number of hydrogen-bond donors (Lipinski definition) is 2. The molecule has 2 aromatic rings. The van der Waals surface area contributed by atoms with E-state index in [0.29, 0.717) is 19.4 Å². The van der Waals surface area contributed by atoms with Crippen LogP contribution < -0.4 is 5.32 Å². The molecule has 0 saturated carbocycles. The molecule has 124 valence electrons. The van der Waals surface area contributed by atoms with Gasteiger partial charge in [0.2, 0.25) is 0 Å². The molecule has 2 N–H and O–H groups in total. The molecule has 2 rings (SSSR count). The van der Waals surface area contributed by atoms with E-state index < -0.39 is 23.6 Å². The number of aliphatic hydroxyl groups is 1. The topological polar surface area (TPSA) is 67.2 Å². The van der Waals surface area contributed by atoms with E-state index in [0.717, 1.165) is 12.1 Å². The standard InChI is InChI=1S/C16H19F2N3O2/c1-3-11(22)6-7-19-16(23)13-9-21(2)20-15(13)12-5-4-10(17)8-14(12)18/h4-5,8-9,11,22H,3,6-7H2,1-2H3,(H,19,23). The number of carbonyl (C=O) groups excluding carboxylic acids is 1. The first-order chi connectivity index (χ1) is 10.9. The second-order valence-corrected chi connectivity index (χ2v) is 5.30. The van der Waals surface area contributed by atoms with Crippen molar-refractivity contribution in [2.24, 2.45) is 7.05 Å². The Morgan fingerprint density at radius 3 is 2.83 bits per heavy atom. The smallest absolute Gasteiger partial charge is 0.255 e. The Morgan fingerprint density at radius 2 is 2.17 bits per heavy atom. The number of aliphatic hydroxyl groups excluding tert-OH is 1. The fraction of sp³-hybridized carbons (Fsp3) is 0.375. The molecule has 7 heteroatoms. The van der Waals surface area contributed by atoms with Gasteiger partial charge in [0.05, 0.1) is 11.7 Å². The Labute approximate surface area is 132 Å². The zero-order valence-electron chi connectivity index (χ0n) is 13.0. The molecule has 1 unspecified atom stereocenters. The average molecular weight is 323 g/mol. The highest BCUT2D eigenvalue weighted by Crippen LogP contribution is 2.25. The molecular formula is C16H19F2N3O2. The highest BCUT2D eigenvalue weighted by atomic mass is 19.1. The van der Waals surface area contributed by atoms with Crippen molar-refractivity contribution in [1.82, 2.24) is 15.1 Å². The maximum Gasteiger partial charge on any atom is 0.255 e. The summed E-state index contributed by atoms with van der Waals surface area (Å²) < 4.78 is 28.4. The molecule has 23 heavy (non-hydrogen) atoms. The molecule has 1 atom stereocenters. The van der Waals surface area contributed by atoms with Gasteiger partial charge in [0.1, 0.15) is 17.3 Å². The van der Waals surface area contributed by atoms with Crippen molar-refractivity contribution in [3.8, 4) is 11.3 Å². The molecule has 5 nitrogen and oxygen atoms in total. The van der Waals surface area contributed by atoms with Crippen LogP contribution >= 0.6 is 0 Å². The quantitative estimate of drug-likeness (QED) is 0.857. The fourth-order valence-corrected chi connectivity index (χ4v) is 2.19. The molecule has 0 bridgehead atoms. The van der Waals surface area contributed by atoms with Gasteiger partial charge in [0, 0.05) is 31.4 Å². The van der Waals surface area contributed by atoms with Gasteiger partial charge in [-0.3, -0.25) is 9.48 Å². The zero-order valence-corrected chi connectivity index (χ0v) is 13.0. The third-order valence-electron chi connectivity index (χ3n) is 3.49.